The molecule has 3 heteroatoms. The third-order valence-corrected chi connectivity index (χ3v) is 2.93. The second-order valence-corrected chi connectivity index (χ2v) is 5.44. The molecule has 0 heterocycles. The molecule has 1 aromatic rings. The lowest BCUT2D eigenvalue weighted by molar-refractivity contribution is -0.120. The number of carbonyl (C=O) groups is 1. The minimum atomic E-state index is -0.378. The average molecular weight is 256 g/mol. The zero-order valence-electron chi connectivity index (χ0n) is 11.5. The van der Waals surface area contributed by atoms with Crippen molar-refractivity contribution in [1.29, 1.82) is 0 Å². The standard InChI is InChI=1S/C16H20N2O/c1-16(2,11-10-13-6-4-3-5-7-13)17-12-15(19)18-14-8-9-14/h3-7,14,17H,8-9,12H2,1-2H3,(H,18,19). The van der Waals surface area contributed by atoms with Gasteiger partial charge >= 0.3 is 0 Å². The van der Waals surface area contributed by atoms with E-state index in [1.807, 2.05) is 44.2 Å². The largest absolute Gasteiger partial charge is 0.352 e. The summed E-state index contributed by atoms with van der Waals surface area (Å²) >= 11 is 0. The minimum absolute atomic E-state index is 0.0529. The number of amides is 1. The summed E-state index contributed by atoms with van der Waals surface area (Å²) in [5.74, 6) is 6.33. The van der Waals surface area contributed by atoms with E-state index in [1.54, 1.807) is 0 Å². The summed E-state index contributed by atoms with van der Waals surface area (Å²) in [4.78, 5) is 11.6. The van der Waals surface area contributed by atoms with Crippen molar-refractivity contribution < 1.29 is 4.79 Å². The Hall–Kier alpha value is -1.79. The molecule has 1 aliphatic rings. The van der Waals surface area contributed by atoms with E-state index in [0.29, 0.717) is 12.6 Å². The van der Waals surface area contributed by atoms with E-state index in [4.69, 9.17) is 0 Å². The van der Waals surface area contributed by atoms with Crippen molar-refractivity contribution in [3.63, 3.8) is 0 Å². The van der Waals surface area contributed by atoms with Crippen LogP contribution in [0.25, 0.3) is 0 Å². The van der Waals surface area contributed by atoms with E-state index in [0.717, 1.165) is 18.4 Å². The number of hydrogen-bond donors (Lipinski definition) is 2. The monoisotopic (exact) mass is 256 g/mol. The van der Waals surface area contributed by atoms with Crippen LogP contribution in [-0.2, 0) is 4.79 Å². The van der Waals surface area contributed by atoms with Crippen LogP contribution in [-0.4, -0.2) is 24.0 Å². The second kappa shape index (κ2) is 5.90. The topological polar surface area (TPSA) is 41.1 Å². The molecular weight excluding hydrogens is 236 g/mol. The average Bonchev–Trinajstić information content (AvgIpc) is 3.20. The maximum Gasteiger partial charge on any atom is 0.234 e. The molecular formula is C16H20N2O. The first-order chi connectivity index (χ1) is 9.05. The fourth-order valence-corrected chi connectivity index (χ4v) is 1.60. The van der Waals surface area contributed by atoms with E-state index in [9.17, 15) is 4.79 Å². The van der Waals surface area contributed by atoms with Gasteiger partial charge in [-0.15, -0.1) is 0 Å². The Balaban J connectivity index is 1.84. The van der Waals surface area contributed by atoms with Crippen LogP contribution in [0.1, 0.15) is 32.3 Å². The zero-order valence-corrected chi connectivity index (χ0v) is 11.5. The van der Waals surface area contributed by atoms with Crippen LogP contribution in [0.15, 0.2) is 30.3 Å². The highest BCUT2D eigenvalue weighted by molar-refractivity contribution is 5.78. The van der Waals surface area contributed by atoms with Crippen LogP contribution in [0, 0.1) is 11.8 Å². The highest BCUT2D eigenvalue weighted by Gasteiger charge is 2.24. The maximum absolute atomic E-state index is 11.6. The van der Waals surface area contributed by atoms with Gasteiger partial charge in [0.2, 0.25) is 5.91 Å². The lowest BCUT2D eigenvalue weighted by Gasteiger charge is -2.19. The first-order valence-corrected chi connectivity index (χ1v) is 6.68. The van der Waals surface area contributed by atoms with E-state index >= 15 is 0 Å². The molecule has 2 rings (SSSR count). The molecule has 0 unspecified atom stereocenters. The number of rotatable bonds is 4. The van der Waals surface area contributed by atoms with Crippen molar-refractivity contribution in [2.24, 2.45) is 0 Å². The van der Waals surface area contributed by atoms with Gasteiger partial charge in [0.05, 0.1) is 12.1 Å². The molecule has 19 heavy (non-hydrogen) atoms. The fraction of sp³-hybridized carbons (Fsp3) is 0.438. The molecule has 100 valence electrons. The first-order valence-electron chi connectivity index (χ1n) is 6.68. The van der Waals surface area contributed by atoms with Crippen molar-refractivity contribution in [2.75, 3.05) is 6.54 Å². The zero-order chi connectivity index (χ0) is 13.7. The van der Waals surface area contributed by atoms with Crippen molar-refractivity contribution in [2.45, 2.75) is 38.3 Å². The van der Waals surface area contributed by atoms with Gasteiger partial charge < -0.3 is 5.32 Å². The Bertz CT molecular complexity index is 492. The number of benzene rings is 1. The molecule has 0 spiro atoms. The summed E-state index contributed by atoms with van der Waals surface area (Å²) in [7, 11) is 0. The Morgan fingerprint density at radius 3 is 2.63 bits per heavy atom. The summed E-state index contributed by atoms with van der Waals surface area (Å²) in [6.45, 7) is 4.27. The predicted octanol–water partition coefficient (Wildman–Crippen LogP) is 1.68. The molecule has 1 amide bonds. The van der Waals surface area contributed by atoms with E-state index in [1.165, 1.54) is 0 Å². The molecule has 3 nitrogen and oxygen atoms in total. The second-order valence-electron chi connectivity index (χ2n) is 5.44. The minimum Gasteiger partial charge on any atom is -0.352 e. The van der Waals surface area contributed by atoms with Crippen molar-refractivity contribution >= 4 is 5.91 Å². The third-order valence-electron chi connectivity index (χ3n) is 2.93. The van der Waals surface area contributed by atoms with Crippen LogP contribution in [0.3, 0.4) is 0 Å². The third kappa shape index (κ3) is 5.15. The quantitative estimate of drug-likeness (QED) is 0.805. The fourth-order valence-electron chi connectivity index (χ4n) is 1.60. The Labute approximate surface area is 114 Å². The first kappa shape index (κ1) is 13.6. The molecule has 1 aliphatic carbocycles. The van der Waals surface area contributed by atoms with Crippen molar-refractivity contribution in [3.05, 3.63) is 35.9 Å². The lowest BCUT2D eigenvalue weighted by atomic mass is 10.1. The van der Waals surface area contributed by atoms with Crippen LogP contribution in [0.2, 0.25) is 0 Å². The van der Waals surface area contributed by atoms with Crippen molar-refractivity contribution in [1.82, 2.24) is 10.6 Å². The van der Waals surface area contributed by atoms with Gasteiger partial charge in [-0.25, -0.2) is 0 Å². The summed E-state index contributed by atoms with van der Waals surface area (Å²) in [6, 6.07) is 10.3. The van der Waals surface area contributed by atoms with E-state index in [2.05, 4.69) is 22.5 Å². The Morgan fingerprint density at radius 2 is 2.00 bits per heavy atom. The van der Waals surface area contributed by atoms with Crippen LogP contribution in [0.5, 0.6) is 0 Å². The Morgan fingerprint density at radius 1 is 1.32 bits per heavy atom. The molecule has 1 saturated carbocycles. The van der Waals surface area contributed by atoms with Gasteiger partial charge in [-0.05, 0) is 38.8 Å². The predicted molar refractivity (Wildman–Crippen MR) is 76.6 cm³/mol. The molecule has 0 aromatic heterocycles. The van der Waals surface area contributed by atoms with E-state index in [-0.39, 0.29) is 11.4 Å². The lowest BCUT2D eigenvalue weighted by Crippen LogP contribution is -2.44. The normalized spacial score (nSPS) is 14.4. The summed E-state index contributed by atoms with van der Waals surface area (Å²) in [6.07, 6.45) is 2.23. The molecule has 0 aliphatic heterocycles. The molecule has 0 saturated heterocycles. The van der Waals surface area contributed by atoms with Crippen molar-refractivity contribution in [3.8, 4) is 11.8 Å². The van der Waals surface area contributed by atoms with Crippen LogP contribution < -0.4 is 10.6 Å². The van der Waals surface area contributed by atoms with Gasteiger partial charge in [-0.3, -0.25) is 10.1 Å². The van der Waals surface area contributed by atoms with Crippen LogP contribution in [0.4, 0.5) is 0 Å². The smallest absolute Gasteiger partial charge is 0.234 e. The van der Waals surface area contributed by atoms with E-state index < -0.39 is 0 Å². The molecule has 1 aromatic carbocycles. The highest BCUT2D eigenvalue weighted by Crippen LogP contribution is 2.18. The summed E-state index contributed by atoms with van der Waals surface area (Å²) < 4.78 is 0. The molecule has 0 bridgehead atoms. The van der Waals surface area contributed by atoms with Gasteiger partial charge in [0, 0.05) is 11.6 Å². The molecule has 2 N–H and O–H groups in total. The molecule has 1 fully saturated rings. The summed E-state index contributed by atoms with van der Waals surface area (Å²) in [5, 5.41) is 6.13. The number of hydrogen-bond acceptors (Lipinski definition) is 2. The van der Waals surface area contributed by atoms with Gasteiger partial charge in [0.25, 0.3) is 0 Å². The SMILES string of the molecule is CC(C)(C#Cc1ccccc1)NCC(=O)NC1CC1. The molecule has 0 atom stereocenters. The van der Waals surface area contributed by atoms with Gasteiger partial charge in [-0.1, -0.05) is 30.0 Å². The van der Waals surface area contributed by atoms with Gasteiger partial charge in [0.1, 0.15) is 0 Å². The van der Waals surface area contributed by atoms with Gasteiger partial charge in [-0.2, -0.15) is 0 Å². The highest BCUT2D eigenvalue weighted by atomic mass is 16.2. The van der Waals surface area contributed by atoms with Crippen LogP contribution >= 0.6 is 0 Å². The number of nitrogens with one attached hydrogen (secondary N) is 2. The Kier molecular flexibility index (Phi) is 4.24. The van der Waals surface area contributed by atoms with Gasteiger partial charge in [0.15, 0.2) is 0 Å². The number of carbonyl (C=O) groups excluding carboxylic acids is 1. The maximum atomic E-state index is 11.6. The molecule has 0 radical (unpaired) electrons. The summed E-state index contributed by atoms with van der Waals surface area (Å²) in [5.41, 5.74) is 0.608.